The van der Waals surface area contributed by atoms with Gasteiger partial charge in [-0.25, -0.2) is 21.6 Å². The zero-order valence-electron chi connectivity index (χ0n) is 9.37. The van der Waals surface area contributed by atoms with Crippen LogP contribution < -0.4 is 4.72 Å². The molecule has 0 atom stereocenters. The Kier molecular flexibility index (Phi) is 4.22. The van der Waals surface area contributed by atoms with Crippen LogP contribution in [0.3, 0.4) is 0 Å². The Morgan fingerprint density at radius 1 is 1.24 bits per heavy atom. The van der Waals surface area contributed by atoms with Crippen LogP contribution in [-0.2, 0) is 26.4 Å². The molecule has 0 aliphatic rings. The molecule has 98 valence electrons. The Bertz CT molecular complexity index is 574. The molecular formula is C7H13N3O5S2. The van der Waals surface area contributed by atoms with E-state index in [1.54, 1.807) is 6.92 Å². The van der Waals surface area contributed by atoms with Crippen molar-refractivity contribution in [1.82, 2.24) is 14.9 Å². The van der Waals surface area contributed by atoms with E-state index in [1.807, 2.05) is 0 Å². The molecule has 1 aromatic rings. The lowest BCUT2D eigenvalue weighted by Crippen LogP contribution is -2.25. The average molecular weight is 283 g/mol. The Morgan fingerprint density at radius 2 is 1.88 bits per heavy atom. The van der Waals surface area contributed by atoms with E-state index < -0.39 is 25.1 Å². The van der Waals surface area contributed by atoms with Gasteiger partial charge in [0.1, 0.15) is 0 Å². The lowest BCUT2D eigenvalue weighted by atomic mass is 10.6. The van der Waals surface area contributed by atoms with E-state index in [4.69, 9.17) is 4.42 Å². The average Bonchev–Trinajstić information content (AvgIpc) is 2.62. The van der Waals surface area contributed by atoms with Crippen LogP contribution in [0.15, 0.2) is 9.64 Å². The molecule has 1 rings (SSSR count). The summed E-state index contributed by atoms with van der Waals surface area (Å²) in [6, 6.07) is 0. The molecule has 0 aliphatic carbocycles. The van der Waals surface area contributed by atoms with Crippen molar-refractivity contribution < 1.29 is 21.3 Å². The molecule has 1 aromatic heterocycles. The van der Waals surface area contributed by atoms with Gasteiger partial charge in [-0.1, -0.05) is 12.0 Å². The highest BCUT2D eigenvalue weighted by Crippen LogP contribution is 2.06. The highest BCUT2D eigenvalue weighted by Gasteiger charge is 2.17. The van der Waals surface area contributed by atoms with Gasteiger partial charge in [-0.15, -0.1) is 5.10 Å². The summed E-state index contributed by atoms with van der Waals surface area (Å²) in [5.41, 5.74) is 0. The number of nitrogens with zero attached hydrogens (tertiary/aromatic N) is 2. The first-order valence-corrected chi connectivity index (χ1v) is 8.29. The predicted molar refractivity (Wildman–Crippen MR) is 58.3 cm³/mol. The number of rotatable bonds is 6. The van der Waals surface area contributed by atoms with Crippen LogP contribution in [0.4, 0.5) is 0 Å². The van der Waals surface area contributed by atoms with E-state index >= 15 is 0 Å². The van der Waals surface area contributed by atoms with Crippen LogP contribution in [0, 0.1) is 0 Å². The fourth-order valence-electron chi connectivity index (χ4n) is 0.972. The van der Waals surface area contributed by atoms with Crippen molar-refractivity contribution in [3.8, 4) is 0 Å². The molecule has 17 heavy (non-hydrogen) atoms. The van der Waals surface area contributed by atoms with Crippen LogP contribution in [0.5, 0.6) is 0 Å². The maximum Gasteiger partial charge on any atom is 0.335 e. The van der Waals surface area contributed by atoms with E-state index in [0.717, 1.165) is 6.26 Å². The van der Waals surface area contributed by atoms with Crippen molar-refractivity contribution in [2.75, 3.05) is 12.0 Å². The first kappa shape index (κ1) is 14.1. The van der Waals surface area contributed by atoms with Crippen LogP contribution in [0.1, 0.15) is 19.2 Å². The van der Waals surface area contributed by atoms with Gasteiger partial charge >= 0.3 is 5.22 Å². The topological polar surface area (TPSA) is 119 Å². The smallest absolute Gasteiger partial charge is 0.335 e. The molecular weight excluding hydrogens is 270 g/mol. The van der Waals surface area contributed by atoms with Gasteiger partial charge in [-0.2, -0.15) is 0 Å². The van der Waals surface area contributed by atoms with Crippen molar-refractivity contribution in [3.63, 3.8) is 0 Å². The van der Waals surface area contributed by atoms with Crippen molar-refractivity contribution in [1.29, 1.82) is 0 Å². The van der Waals surface area contributed by atoms with Gasteiger partial charge in [0.15, 0.2) is 0 Å². The molecule has 8 nitrogen and oxygen atoms in total. The number of hydrogen-bond acceptors (Lipinski definition) is 7. The first-order chi connectivity index (χ1) is 7.74. The second-order valence-corrected chi connectivity index (χ2v) is 7.19. The third kappa shape index (κ3) is 4.40. The normalized spacial score (nSPS) is 12.8. The third-order valence-electron chi connectivity index (χ3n) is 1.68. The second-order valence-electron chi connectivity index (χ2n) is 3.37. The van der Waals surface area contributed by atoms with E-state index in [2.05, 4.69) is 14.9 Å². The maximum absolute atomic E-state index is 11.3. The molecule has 10 heteroatoms. The lowest BCUT2D eigenvalue weighted by Gasteiger charge is -2.01. The Morgan fingerprint density at radius 3 is 2.35 bits per heavy atom. The van der Waals surface area contributed by atoms with E-state index in [-0.39, 0.29) is 18.2 Å². The Balaban J connectivity index is 2.69. The molecule has 0 unspecified atom stereocenters. The van der Waals surface area contributed by atoms with Crippen LogP contribution in [-0.4, -0.2) is 39.0 Å². The van der Waals surface area contributed by atoms with Gasteiger partial charge in [0.25, 0.3) is 0 Å². The number of aromatic nitrogens is 2. The summed E-state index contributed by atoms with van der Waals surface area (Å²) in [5, 5.41) is 6.19. The molecule has 0 radical (unpaired) electrons. The van der Waals surface area contributed by atoms with E-state index in [0.29, 0.717) is 6.42 Å². The minimum absolute atomic E-state index is 0.0138. The summed E-state index contributed by atoms with van der Waals surface area (Å²) >= 11 is 0. The predicted octanol–water partition coefficient (Wildman–Crippen LogP) is -0.697. The number of sulfone groups is 1. The zero-order chi connectivity index (χ0) is 13.1. The standard InChI is InChI=1S/C7H13N3O5S2/c1-3-4-17(13,14)8-5-6-9-10-7(15-6)16(2,11)12/h8H,3-5H2,1-2H3. The maximum atomic E-state index is 11.3. The molecule has 1 heterocycles. The lowest BCUT2D eigenvalue weighted by molar-refractivity contribution is 0.394. The fourth-order valence-corrected chi connectivity index (χ4v) is 2.43. The zero-order valence-corrected chi connectivity index (χ0v) is 11.0. The van der Waals surface area contributed by atoms with Gasteiger partial charge in [-0.3, -0.25) is 0 Å². The number of nitrogens with one attached hydrogen (secondary N) is 1. The summed E-state index contributed by atoms with van der Waals surface area (Å²) in [7, 11) is -6.95. The van der Waals surface area contributed by atoms with Crippen LogP contribution in [0.2, 0.25) is 0 Å². The molecule has 0 amide bonds. The molecule has 0 aliphatic heterocycles. The van der Waals surface area contributed by atoms with Crippen molar-refractivity contribution in [2.45, 2.75) is 25.1 Å². The molecule has 0 aromatic carbocycles. The van der Waals surface area contributed by atoms with Crippen LogP contribution >= 0.6 is 0 Å². The summed E-state index contributed by atoms with van der Waals surface area (Å²) in [6.07, 6.45) is 1.40. The SMILES string of the molecule is CCCS(=O)(=O)NCc1nnc(S(C)(=O)=O)o1. The van der Waals surface area contributed by atoms with Crippen LogP contribution in [0.25, 0.3) is 0 Å². The highest BCUT2D eigenvalue weighted by molar-refractivity contribution is 7.90. The summed E-state index contributed by atoms with van der Waals surface area (Å²) in [6.45, 7) is 1.51. The quantitative estimate of drug-likeness (QED) is 0.733. The van der Waals surface area contributed by atoms with E-state index in [9.17, 15) is 16.8 Å². The summed E-state index contributed by atoms with van der Waals surface area (Å²) < 4.78 is 51.6. The first-order valence-electron chi connectivity index (χ1n) is 4.74. The van der Waals surface area contributed by atoms with Crippen molar-refractivity contribution >= 4 is 19.9 Å². The number of sulfonamides is 1. The largest absolute Gasteiger partial charge is 0.411 e. The van der Waals surface area contributed by atoms with Crippen molar-refractivity contribution in [3.05, 3.63) is 5.89 Å². The summed E-state index contributed by atoms with van der Waals surface area (Å²) in [4.78, 5) is 0. The monoisotopic (exact) mass is 283 g/mol. The Hall–Kier alpha value is -1.00. The molecule has 0 fully saturated rings. The van der Waals surface area contributed by atoms with Gasteiger partial charge in [0, 0.05) is 6.26 Å². The second kappa shape index (κ2) is 5.10. The molecule has 0 saturated carbocycles. The van der Waals surface area contributed by atoms with Crippen molar-refractivity contribution in [2.24, 2.45) is 0 Å². The fraction of sp³-hybridized carbons (Fsp3) is 0.714. The molecule has 0 spiro atoms. The summed E-state index contributed by atoms with van der Waals surface area (Å²) in [5.74, 6) is -0.106. The van der Waals surface area contributed by atoms with Gasteiger partial charge in [0.05, 0.1) is 12.3 Å². The molecule has 1 N–H and O–H groups in total. The molecule has 0 saturated heterocycles. The number of hydrogen-bond donors (Lipinski definition) is 1. The third-order valence-corrected chi connectivity index (χ3v) is 4.01. The van der Waals surface area contributed by atoms with Gasteiger partial charge < -0.3 is 4.42 Å². The Labute approximate surface area is 99.4 Å². The minimum atomic E-state index is -3.56. The molecule has 0 bridgehead atoms. The van der Waals surface area contributed by atoms with Gasteiger partial charge in [0.2, 0.25) is 25.8 Å². The van der Waals surface area contributed by atoms with Gasteiger partial charge in [-0.05, 0) is 6.42 Å². The van der Waals surface area contributed by atoms with E-state index in [1.165, 1.54) is 0 Å². The minimum Gasteiger partial charge on any atom is -0.411 e. The highest BCUT2D eigenvalue weighted by atomic mass is 32.2.